The first-order valence-corrected chi connectivity index (χ1v) is 11.9. The van der Waals surface area contributed by atoms with Crippen LogP contribution in [0.5, 0.6) is 0 Å². The summed E-state index contributed by atoms with van der Waals surface area (Å²) in [6, 6.07) is 12.7. The molecule has 11 heteroatoms. The van der Waals surface area contributed by atoms with E-state index in [2.05, 4.69) is 5.32 Å². The Kier molecular flexibility index (Phi) is 8.41. The zero-order valence-corrected chi connectivity index (χ0v) is 19.2. The van der Waals surface area contributed by atoms with Gasteiger partial charge in [0.2, 0.25) is 10.0 Å². The molecule has 1 saturated heterocycles. The van der Waals surface area contributed by atoms with Gasteiger partial charge in [0.15, 0.2) is 6.61 Å². The number of anilines is 1. The molecule has 1 fully saturated rings. The second-order valence-electron chi connectivity index (χ2n) is 7.17. The number of nitrogens with zero attached hydrogens (tertiary/aromatic N) is 2. The van der Waals surface area contributed by atoms with E-state index >= 15 is 0 Å². The summed E-state index contributed by atoms with van der Waals surface area (Å²) < 4.78 is 36.8. The van der Waals surface area contributed by atoms with E-state index < -0.39 is 28.5 Å². The number of nitriles is 1. The van der Waals surface area contributed by atoms with Crippen LogP contribution < -0.4 is 5.32 Å². The van der Waals surface area contributed by atoms with E-state index in [-0.39, 0.29) is 22.6 Å². The van der Waals surface area contributed by atoms with Gasteiger partial charge in [-0.25, -0.2) is 8.42 Å². The summed E-state index contributed by atoms with van der Waals surface area (Å²) in [7, 11) is -3.57. The van der Waals surface area contributed by atoms with E-state index in [0.717, 1.165) is 5.56 Å². The largest absolute Gasteiger partial charge is 0.456 e. The molecule has 1 N–H and O–H groups in total. The highest BCUT2D eigenvalue weighted by molar-refractivity contribution is 7.89. The fraction of sp³-hybridized carbons (Fsp3) is 0.318. The van der Waals surface area contributed by atoms with E-state index in [0.29, 0.717) is 37.7 Å². The van der Waals surface area contributed by atoms with E-state index in [1.54, 1.807) is 12.1 Å². The van der Waals surface area contributed by atoms with Crippen molar-refractivity contribution in [2.45, 2.75) is 17.7 Å². The first-order valence-electron chi connectivity index (χ1n) is 10.1. The summed E-state index contributed by atoms with van der Waals surface area (Å²) in [5.41, 5.74) is 1.23. The van der Waals surface area contributed by atoms with Crippen molar-refractivity contribution in [3.63, 3.8) is 0 Å². The molecule has 2 aromatic rings. The van der Waals surface area contributed by atoms with Crippen molar-refractivity contribution in [3.05, 3.63) is 58.6 Å². The molecule has 0 aromatic heterocycles. The number of aryl methyl sites for hydroxylation is 1. The third kappa shape index (κ3) is 6.76. The molecule has 0 saturated carbocycles. The summed E-state index contributed by atoms with van der Waals surface area (Å²) >= 11 is 5.87. The smallest absolute Gasteiger partial charge is 0.306 e. The van der Waals surface area contributed by atoms with Crippen LogP contribution in [-0.4, -0.2) is 57.5 Å². The van der Waals surface area contributed by atoms with Gasteiger partial charge < -0.3 is 14.8 Å². The maximum absolute atomic E-state index is 12.6. The van der Waals surface area contributed by atoms with Gasteiger partial charge in [0.25, 0.3) is 5.91 Å². The van der Waals surface area contributed by atoms with Crippen molar-refractivity contribution < 1.29 is 27.5 Å². The highest BCUT2D eigenvalue weighted by atomic mass is 35.5. The van der Waals surface area contributed by atoms with Crippen LogP contribution in [0.25, 0.3) is 0 Å². The number of amides is 1. The summed E-state index contributed by atoms with van der Waals surface area (Å²) in [6.45, 7) is 0.871. The minimum absolute atomic E-state index is 0.0173. The summed E-state index contributed by atoms with van der Waals surface area (Å²) in [5, 5.41) is 11.9. The Hall–Kier alpha value is -2.97. The number of halogens is 1. The van der Waals surface area contributed by atoms with Gasteiger partial charge in [0.05, 0.1) is 29.4 Å². The molecular weight excluding hydrogens is 470 g/mol. The molecule has 0 atom stereocenters. The predicted molar refractivity (Wildman–Crippen MR) is 120 cm³/mol. The molecule has 174 valence electrons. The number of ether oxygens (including phenoxy) is 2. The Morgan fingerprint density at radius 2 is 1.85 bits per heavy atom. The Morgan fingerprint density at radius 3 is 2.52 bits per heavy atom. The molecule has 9 nitrogen and oxygen atoms in total. The number of hydrogen-bond donors (Lipinski definition) is 1. The quantitative estimate of drug-likeness (QED) is 0.561. The van der Waals surface area contributed by atoms with Gasteiger partial charge in [-0.3, -0.25) is 9.59 Å². The Bertz CT molecular complexity index is 1160. The minimum Gasteiger partial charge on any atom is -0.456 e. The van der Waals surface area contributed by atoms with Gasteiger partial charge in [-0.05, 0) is 42.3 Å². The number of carbonyl (C=O) groups is 2. The van der Waals surface area contributed by atoms with Gasteiger partial charge in [-0.15, -0.1) is 0 Å². The standard InChI is InChI=1S/C22H22ClN3O6S/c23-18-5-4-17(14-24)20(13-18)25-21(27)15-32-22(28)8-3-16-1-6-19(7-2-16)33(29,30)26-9-11-31-12-10-26/h1-2,4-7,13H,3,8-12,15H2,(H,25,27). The Labute approximate surface area is 196 Å². The molecule has 1 aliphatic rings. The van der Waals surface area contributed by atoms with Crippen LogP contribution in [0, 0.1) is 11.3 Å². The van der Waals surface area contributed by atoms with Gasteiger partial charge in [0, 0.05) is 24.5 Å². The molecule has 1 amide bonds. The monoisotopic (exact) mass is 491 g/mol. The number of sulfonamides is 1. The van der Waals surface area contributed by atoms with Crippen LogP contribution in [0.4, 0.5) is 5.69 Å². The van der Waals surface area contributed by atoms with Gasteiger partial charge in [0.1, 0.15) is 6.07 Å². The number of nitrogens with one attached hydrogen (secondary N) is 1. The lowest BCUT2D eigenvalue weighted by atomic mass is 10.1. The summed E-state index contributed by atoms with van der Waals surface area (Å²) in [4.78, 5) is 24.2. The van der Waals surface area contributed by atoms with Gasteiger partial charge in [-0.1, -0.05) is 23.7 Å². The van der Waals surface area contributed by atoms with Crippen LogP contribution in [-0.2, 0) is 35.5 Å². The van der Waals surface area contributed by atoms with E-state index in [1.807, 2.05) is 6.07 Å². The van der Waals surface area contributed by atoms with Crippen molar-refractivity contribution in [2.24, 2.45) is 0 Å². The summed E-state index contributed by atoms with van der Waals surface area (Å²) in [6.07, 6.45) is 0.342. The van der Waals surface area contributed by atoms with E-state index in [4.69, 9.17) is 26.3 Å². The first kappa shape index (κ1) is 24.7. The third-order valence-electron chi connectivity index (χ3n) is 4.89. The number of rotatable bonds is 8. The second-order valence-corrected chi connectivity index (χ2v) is 9.55. The van der Waals surface area contributed by atoms with Crippen molar-refractivity contribution in [1.82, 2.24) is 4.31 Å². The lowest BCUT2D eigenvalue weighted by Crippen LogP contribution is -2.40. The fourth-order valence-corrected chi connectivity index (χ4v) is 4.71. The summed E-state index contributed by atoms with van der Waals surface area (Å²) in [5.74, 6) is -1.18. The average molecular weight is 492 g/mol. The van der Waals surface area contributed by atoms with E-state index in [1.165, 1.54) is 34.6 Å². The SMILES string of the molecule is N#Cc1ccc(Cl)cc1NC(=O)COC(=O)CCc1ccc(S(=O)(=O)N2CCOCC2)cc1. The zero-order chi connectivity index (χ0) is 23.8. The Balaban J connectivity index is 1.46. The molecule has 1 aliphatic heterocycles. The highest BCUT2D eigenvalue weighted by Gasteiger charge is 2.26. The molecule has 0 spiro atoms. The zero-order valence-electron chi connectivity index (χ0n) is 17.6. The van der Waals surface area contributed by atoms with Crippen LogP contribution >= 0.6 is 11.6 Å². The molecule has 3 rings (SSSR count). The van der Waals surface area contributed by atoms with Crippen LogP contribution in [0.15, 0.2) is 47.4 Å². The van der Waals surface area contributed by atoms with Crippen LogP contribution in [0.2, 0.25) is 5.02 Å². The third-order valence-corrected chi connectivity index (χ3v) is 7.04. The maximum atomic E-state index is 12.6. The van der Waals surface area contributed by atoms with Crippen molar-refractivity contribution in [2.75, 3.05) is 38.2 Å². The predicted octanol–water partition coefficient (Wildman–Crippen LogP) is 2.35. The van der Waals surface area contributed by atoms with Crippen molar-refractivity contribution in [3.8, 4) is 6.07 Å². The van der Waals surface area contributed by atoms with Crippen molar-refractivity contribution in [1.29, 1.82) is 5.26 Å². The number of hydrogen-bond acceptors (Lipinski definition) is 7. The molecule has 0 unspecified atom stereocenters. The second kappa shape index (κ2) is 11.2. The van der Waals surface area contributed by atoms with Crippen LogP contribution in [0.3, 0.4) is 0 Å². The Morgan fingerprint density at radius 1 is 1.15 bits per heavy atom. The normalized spacial score (nSPS) is 14.3. The highest BCUT2D eigenvalue weighted by Crippen LogP contribution is 2.20. The minimum atomic E-state index is -3.57. The van der Waals surface area contributed by atoms with Crippen LogP contribution in [0.1, 0.15) is 17.5 Å². The molecular formula is C22H22ClN3O6S. The lowest BCUT2D eigenvalue weighted by molar-refractivity contribution is -0.147. The van der Waals surface area contributed by atoms with Gasteiger partial charge in [-0.2, -0.15) is 9.57 Å². The lowest BCUT2D eigenvalue weighted by Gasteiger charge is -2.26. The van der Waals surface area contributed by atoms with E-state index in [9.17, 15) is 18.0 Å². The molecule has 1 heterocycles. The number of morpholine rings is 1. The number of benzene rings is 2. The number of carbonyl (C=O) groups excluding carboxylic acids is 2. The molecule has 0 bridgehead atoms. The number of esters is 1. The fourth-order valence-electron chi connectivity index (χ4n) is 3.13. The molecule has 0 aliphatic carbocycles. The molecule has 33 heavy (non-hydrogen) atoms. The first-order chi connectivity index (χ1) is 15.8. The topological polar surface area (TPSA) is 126 Å². The van der Waals surface area contributed by atoms with Gasteiger partial charge >= 0.3 is 5.97 Å². The average Bonchev–Trinajstić information content (AvgIpc) is 2.82. The molecule has 0 radical (unpaired) electrons. The van der Waals surface area contributed by atoms with Crippen molar-refractivity contribution >= 4 is 39.2 Å². The molecule has 2 aromatic carbocycles. The maximum Gasteiger partial charge on any atom is 0.306 e.